The molecule has 7 rings (SSSR count). The molecule has 2 fully saturated rings. The summed E-state index contributed by atoms with van der Waals surface area (Å²) in [6.45, 7) is 6.09. The summed E-state index contributed by atoms with van der Waals surface area (Å²) >= 11 is 8.11. The number of β-amino-alcohol motifs (C(OH)–C–C–N with tert-alkyl or cyclic N) is 1. The van der Waals surface area contributed by atoms with Gasteiger partial charge in [-0.3, -0.25) is 14.4 Å². The van der Waals surface area contributed by atoms with Crippen LogP contribution in [0.4, 0.5) is 17.5 Å². The summed E-state index contributed by atoms with van der Waals surface area (Å²) in [7, 11) is 3.16. The molecule has 5 aromatic rings. The summed E-state index contributed by atoms with van der Waals surface area (Å²) < 4.78 is 25.3. The SMILES string of the molecule is CNC(=O)COc1cc2cc(Nc3nc(N4CCC(OCCCOCCCOc5cc(-c6scnc6C)ccc5CNC(=O)[C@@H]5C[C@@H](O)CN5)CC4)ncc3Cl)ccc2n(C)c1=O. The predicted octanol–water partition coefficient (Wildman–Crippen LogP) is 4.48. The van der Waals surface area contributed by atoms with Crippen LogP contribution in [0.25, 0.3) is 21.3 Å². The van der Waals surface area contributed by atoms with Gasteiger partial charge in [-0.15, -0.1) is 11.3 Å². The molecule has 336 valence electrons. The summed E-state index contributed by atoms with van der Waals surface area (Å²) in [5, 5.41) is 22.7. The maximum absolute atomic E-state index is 12.8. The van der Waals surface area contributed by atoms with Gasteiger partial charge >= 0.3 is 0 Å². The lowest BCUT2D eigenvalue weighted by Crippen LogP contribution is -2.40. The molecule has 5 N–H and O–H groups in total. The van der Waals surface area contributed by atoms with Gasteiger partial charge in [-0.05, 0) is 68.5 Å². The molecule has 2 saturated heterocycles. The van der Waals surface area contributed by atoms with Crippen molar-refractivity contribution >= 4 is 63.1 Å². The van der Waals surface area contributed by atoms with Crippen LogP contribution >= 0.6 is 22.9 Å². The number of hydrogen-bond donors (Lipinski definition) is 5. The van der Waals surface area contributed by atoms with Crippen LogP contribution in [0.5, 0.6) is 11.5 Å². The Balaban J connectivity index is 0.817. The van der Waals surface area contributed by atoms with E-state index in [1.807, 2.05) is 48.8 Å². The summed E-state index contributed by atoms with van der Waals surface area (Å²) in [6, 6.07) is 12.8. The van der Waals surface area contributed by atoms with Gasteiger partial charge in [-0.25, -0.2) is 9.97 Å². The van der Waals surface area contributed by atoms with Crippen LogP contribution in [0, 0.1) is 6.92 Å². The van der Waals surface area contributed by atoms with E-state index < -0.39 is 12.1 Å². The number of pyridine rings is 1. The Morgan fingerprint density at radius 3 is 2.57 bits per heavy atom. The van der Waals surface area contributed by atoms with Gasteiger partial charge in [-0.1, -0.05) is 23.7 Å². The van der Waals surface area contributed by atoms with Crippen molar-refractivity contribution in [1.29, 1.82) is 0 Å². The number of rotatable bonds is 20. The quantitative estimate of drug-likeness (QED) is 0.0685. The van der Waals surface area contributed by atoms with Crippen LogP contribution < -0.4 is 41.2 Å². The van der Waals surface area contributed by atoms with E-state index in [-0.39, 0.29) is 35.8 Å². The standard InChI is InChI=1S/C44H54ClN9O8S/c1-27-40(63-26-50-27)28-6-7-29(22-48-42(57)35-21-32(55)23-47-35)37(19-28)61-17-5-15-59-14-4-16-60-33-10-12-54(13-11-33)44-49-24-34(45)41(52-44)51-31-8-9-36-30(18-31)20-38(43(58)53(36)3)62-25-39(56)46-2/h6-9,18-20,24,26,32-33,35,47,55H,4-5,10-17,21-23,25H2,1-3H3,(H,46,56)(H,48,57)(H,49,51,52)/t32-,35+/m1/s1. The first-order chi connectivity index (χ1) is 30.6. The van der Waals surface area contributed by atoms with E-state index in [0.29, 0.717) is 86.1 Å². The monoisotopic (exact) mass is 903 g/mol. The van der Waals surface area contributed by atoms with E-state index in [4.69, 9.17) is 35.5 Å². The van der Waals surface area contributed by atoms with Crippen molar-refractivity contribution in [3.8, 4) is 21.9 Å². The third-order valence-corrected chi connectivity index (χ3v) is 12.2. The molecular weight excluding hydrogens is 850 g/mol. The minimum absolute atomic E-state index is 0.0738. The van der Waals surface area contributed by atoms with Crippen molar-refractivity contribution in [2.45, 2.75) is 63.8 Å². The number of fused-ring (bicyclic) bond motifs is 1. The smallest absolute Gasteiger partial charge is 0.293 e. The molecule has 2 aromatic carbocycles. The topological polar surface area (TPSA) is 203 Å². The van der Waals surface area contributed by atoms with Crippen molar-refractivity contribution < 1.29 is 33.6 Å². The van der Waals surface area contributed by atoms with Crippen LogP contribution in [0.1, 0.15) is 43.4 Å². The molecule has 2 aliphatic rings. The predicted molar refractivity (Wildman–Crippen MR) is 242 cm³/mol. The van der Waals surface area contributed by atoms with E-state index in [2.05, 4.69) is 36.1 Å². The minimum Gasteiger partial charge on any atom is -0.493 e. The second-order valence-electron chi connectivity index (χ2n) is 15.5. The Hall–Kier alpha value is -5.37. The molecule has 0 bridgehead atoms. The number of amides is 2. The average molecular weight is 904 g/mol. The van der Waals surface area contributed by atoms with E-state index >= 15 is 0 Å². The highest BCUT2D eigenvalue weighted by Crippen LogP contribution is 2.33. The van der Waals surface area contributed by atoms with E-state index in [9.17, 15) is 19.5 Å². The van der Waals surface area contributed by atoms with Gasteiger partial charge in [-0.2, -0.15) is 4.98 Å². The van der Waals surface area contributed by atoms with Crippen LogP contribution in [0.15, 0.2) is 59.0 Å². The lowest BCUT2D eigenvalue weighted by atomic mass is 10.1. The number of piperidine rings is 1. The second-order valence-corrected chi connectivity index (χ2v) is 16.7. The van der Waals surface area contributed by atoms with Crippen LogP contribution in [-0.2, 0) is 32.7 Å². The van der Waals surface area contributed by atoms with Crippen LogP contribution in [0.2, 0.25) is 5.02 Å². The Morgan fingerprint density at radius 1 is 1.02 bits per heavy atom. The number of aliphatic hydroxyl groups is 1. The molecule has 19 heteroatoms. The van der Waals surface area contributed by atoms with Gasteiger partial charge < -0.3 is 54.8 Å². The lowest BCUT2D eigenvalue weighted by Gasteiger charge is -2.32. The Morgan fingerprint density at radius 2 is 1.83 bits per heavy atom. The number of anilines is 3. The van der Waals surface area contributed by atoms with Crippen molar-refractivity contribution in [2.24, 2.45) is 7.05 Å². The zero-order valence-electron chi connectivity index (χ0n) is 35.7. The third-order valence-electron chi connectivity index (χ3n) is 11.0. The zero-order valence-corrected chi connectivity index (χ0v) is 37.2. The first kappa shape index (κ1) is 45.6. The van der Waals surface area contributed by atoms with E-state index in [1.165, 1.54) is 11.6 Å². The summed E-state index contributed by atoms with van der Waals surface area (Å²) in [5.74, 6) is 1.32. The lowest BCUT2D eigenvalue weighted by molar-refractivity contribution is -0.123. The first-order valence-corrected chi connectivity index (χ1v) is 22.4. The molecule has 63 heavy (non-hydrogen) atoms. The van der Waals surface area contributed by atoms with Crippen molar-refractivity contribution in [3.05, 3.63) is 80.8 Å². The summed E-state index contributed by atoms with van der Waals surface area (Å²) in [4.78, 5) is 54.0. The number of halogens is 1. The number of benzene rings is 2. The van der Waals surface area contributed by atoms with E-state index in [0.717, 1.165) is 59.4 Å². The fourth-order valence-electron chi connectivity index (χ4n) is 7.44. The fourth-order valence-corrected chi connectivity index (χ4v) is 8.38. The maximum Gasteiger partial charge on any atom is 0.293 e. The summed E-state index contributed by atoms with van der Waals surface area (Å²) in [6.07, 6.45) is 4.74. The third kappa shape index (κ3) is 12.0. The number of aliphatic hydroxyl groups excluding tert-OH is 1. The van der Waals surface area contributed by atoms with Crippen molar-refractivity contribution in [1.82, 2.24) is 35.5 Å². The molecule has 0 aliphatic carbocycles. The first-order valence-electron chi connectivity index (χ1n) is 21.1. The summed E-state index contributed by atoms with van der Waals surface area (Å²) in [5.41, 5.74) is 5.73. The molecule has 0 saturated carbocycles. The molecule has 2 aliphatic heterocycles. The van der Waals surface area contributed by atoms with Gasteiger partial charge in [0.15, 0.2) is 18.2 Å². The number of likely N-dealkylation sites (N-methyl/N-ethyl adjacent to an activating group) is 1. The van der Waals surface area contributed by atoms with E-state index in [1.54, 1.807) is 30.6 Å². The molecular formula is C44H54ClN9O8S. The van der Waals surface area contributed by atoms with Crippen molar-refractivity contribution in [2.75, 3.05) is 69.9 Å². The Labute approximate surface area is 374 Å². The normalized spacial score (nSPS) is 16.6. The van der Waals surface area contributed by atoms with Crippen LogP contribution in [0.3, 0.4) is 0 Å². The molecule has 2 amide bonds. The number of nitrogens with one attached hydrogen (secondary N) is 4. The van der Waals surface area contributed by atoms with Gasteiger partial charge in [0.25, 0.3) is 11.5 Å². The Bertz CT molecular complexity index is 2430. The molecule has 0 radical (unpaired) electrons. The highest BCUT2D eigenvalue weighted by Gasteiger charge is 2.28. The molecule has 0 spiro atoms. The average Bonchev–Trinajstić information content (AvgIpc) is 3.94. The number of ether oxygens (including phenoxy) is 4. The largest absolute Gasteiger partial charge is 0.493 e. The zero-order chi connectivity index (χ0) is 44.3. The number of thiazole rings is 1. The number of aryl methyl sites for hydroxylation is 2. The minimum atomic E-state index is -0.507. The van der Waals surface area contributed by atoms with Gasteiger partial charge in [0.1, 0.15) is 10.8 Å². The fraction of sp³-hybridized carbons (Fsp3) is 0.455. The highest BCUT2D eigenvalue weighted by molar-refractivity contribution is 7.13. The highest BCUT2D eigenvalue weighted by atomic mass is 35.5. The number of carbonyl (C=O) groups is 2. The number of aromatic nitrogens is 4. The number of carbonyl (C=O) groups excluding carboxylic acids is 2. The number of nitrogens with zero attached hydrogens (tertiary/aromatic N) is 5. The molecule has 0 unspecified atom stereocenters. The molecule has 3 aromatic heterocycles. The van der Waals surface area contributed by atoms with Gasteiger partial charge in [0.2, 0.25) is 11.9 Å². The van der Waals surface area contributed by atoms with Crippen molar-refractivity contribution in [3.63, 3.8) is 0 Å². The second kappa shape index (κ2) is 21.8. The molecule has 2 atom stereocenters. The maximum atomic E-state index is 12.8. The molecule has 5 heterocycles. The van der Waals surface area contributed by atoms with Gasteiger partial charge in [0.05, 0.1) is 52.7 Å². The van der Waals surface area contributed by atoms with Gasteiger partial charge in [0, 0.05) is 83.2 Å². The molecule has 17 nitrogen and oxygen atoms in total. The number of hydrogen-bond acceptors (Lipinski definition) is 15. The van der Waals surface area contributed by atoms with Crippen LogP contribution in [-0.4, -0.2) is 114 Å². The Kier molecular flexibility index (Phi) is 15.8.